The summed E-state index contributed by atoms with van der Waals surface area (Å²) in [6.07, 6.45) is 0. The van der Waals surface area contributed by atoms with Gasteiger partial charge in [-0.2, -0.15) is 0 Å². The van der Waals surface area contributed by atoms with Crippen molar-refractivity contribution in [3.8, 4) is 0 Å². The summed E-state index contributed by atoms with van der Waals surface area (Å²) in [6.45, 7) is 4.39. The lowest BCUT2D eigenvalue weighted by atomic mass is 10.1. The van der Waals surface area contributed by atoms with E-state index in [2.05, 4.69) is 28.2 Å². The number of nitrogens with zero attached hydrogens (tertiary/aromatic N) is 1. The summed E-state index contributed by atoms with van der Waals surface area (Å²) in [4.78, 5) is 14.2. The van der Waals surface area contributed by atoms with Crippen molar-refractivity contribution in [3.63, 3.8) is 0 Å². The minimum Gasteiger partial charge on any atom is -0.336 e. The highest BCUT2D eigenvalue weighted by Gasteiger charge is 2.23. The van der Waals surface area contributed by atoms with E-state index >= 15 is 0 Å². The molecular weight excluding hydrogens is 339 g/mol. The molecule has 2 rings (SSSR count). The molecule has 0 radical (unpaired) electrons. The molecule has 1 amide bonds. The zero-order chi connectivity index (χ0) is 12.4. The van der Waals surface area contributed by atoms with Crippen LogP contribution in [0.15, 0.2) is 22.7 Å². The first-order chi connectivity index (χ1) is 8.08. The second-order valence-corrected chi connectivity index (χ2v) is 5.52. The fourth-order valence-corrected chi connectivity index (χ4v) is 2.54. The van der Waals surface area contributed by atoms with Gasteiger partial charge in [-0.05, 0) is 41.1 Å². The maximum absolute atomic E-state index is 12.3. The summed E-state index contributed by atoms with van der Waals surface area (Å²) in [5, 5.41) is 3.90. The normalized spacial score (nSPS) is 19.3. The van der Waals surface area contributed by atoms with E-state index in [1.54, 1.807) is 18.2 Å². The van der Waals surface area contributed by atoms with Crippen LogP contribution >= 0.6 is 39.9 Å². The van der Waals surface area contributed by atoms with E-state index in [-0.39, 0.29) is 18.3 Å². The molecule has 0 aliphatic carbocycles. The molecule has 1 aromatic carbocycles. The van der Waals surface area contributed by atoms with Crippen LogP contribution in [-0.2, 0) is 0 Å². The number of carbonyl (C=O) groups is 1. The molecule has 18 heavy (non-hydrogen) atoms. The minimum absolute atomic E-state index is 0. The van der Waals surface area contributed by atoms with Crippen LogP contribution in [0.5, 0.6) is 0 Å². The van der Waals surface area contributed by atoms with Crippen LogP contribution in [0.3, 0.4) is 0 Å². The molecule has 1 aliphatic rings. The Hall–Kier alpha value is -0.290. The highest BCUT2D eigenvalue weighted by molar-refractivity contribution is 9.10. The third-order valence-corrected chi connectivity index (χ3v) is 3.74. The van der Waals surface area contributed by atoms with Crippen LogP contribution in [0, 0.1) is 0 Å². The molecule has 100 valence electrons. The third kappa shape index (κ3) is 3.60. The zero-order valence-electron chi connectivity index (χ0n) is 9.95. The van der Waals surface area contributed by atoms with Gasteiger partial charge in [0.25, 0.3) is 5.91 Å². The van der Waals surface area contributed by atoms with Gasteiger partial charge >= 0.3 is 0 Å². The van der Waals surface area contributed by atoms with E-state index in [4.69, 9.17) is 11.6 Å². The molecule has 1 atom stereocenters. The molecule has 1 N–H and O–H groups in total. The molecule has 3 nitrogen and oxygen atoms in total. The quantitative estimate of drug-likeness (QED) is 0.841. The van der Waals surface area contributed by atoms with Crippen LogP contribution in [0.4, 0.5) is 0 Å². The molecule has 0 aromatic heterocycles. The van der Waals surface area contributed by atoms with Crippen LogP contribution in [-0.4, -0.2) is 36.5 Å². The summed E-state index contributed by atoms with van der Waals surface area (Å²) >= 11 is 9.32. The number of benzene rings is 1. The minimum atomic E-state index is 0. The lowest BCUT2D eigenvalue weighted by molar-refractivity contribution is 0.0708. The standard InChI is InChI=1S/C12H14BrClN2O.ClH/c1-8-7-16(5-4-15-8)12(17)10-6-9(14)2-3-11(10)13;/h2-3,6,8,15H,4-5,7H2,1H3;1H/t8-;/m1./s1. The van der Waals surface area contributed by atoms with Gasteiger partial charge in [0.05, 0.1) is 5.56 Å². The lowest BCUT2D eigenvalue weighted by Crippen LogP contribution is -2.51. The predicted octanol–water partition coefficient (Wildman–Crippen LogP) is 2.96. The molecule has 1 aliphatic heterocycles. The number of hydrogen-bond acceptors (Lipinski definition) is 2. The number of amides is 1. The topological polar surface area (TPSA) is 32.3 Å². The molecule has 1 heterocycles. The van der Waals surface area contributed by atoms with Gasteiger partial charge in [0.2, 0.25) is 0 Å². The van der Waals surface area contributed by atoms with Crippen molar-refractivity contribution in [2.45, 2.75) is 13.0 Å². The Labute approximate surface area is 126 Å². The van der Waals surface area contributed by atoms with Crippen molar-refractivity contribution in [2.75, 3.05) is 19.6 Å². The summed E-state index contributed by atoms with van der Waals surface area (Å²) < 4.78 is 0.790. The Bertz CT molecular complexity index is 442. The summed E-state index contributed by atoms with van der Waals surface area (Å²) in [7, 11) is 0. The molecule has 0 saturated carbocycles. The van der Waals surface area contributed by atoms with Gasteiger partial charge in [0.1, 0.15) is 0 Å². The number of piperazine rings is 1. The first-order valence-electron chi connectivity index (χ1n) is 5.55. The third-order valence-electron chi connectivity index (χ3n) is 2.81. The Balaban J connectivity index is 0.00000162. The van der Waals surface area contributed by atoms with Crippen LogP contribution < -0.4 is 5.32 Å². The van der Waals surface area contributed by atoms with Gasteiger partial charge in [0.15, 0.2) is 0 Å². The number of nitrogens with one attached hydrogen (secondary N) is 1. The average Bonchev–Trinajstić information content (AvgIpc) is 2.31. The lowest BCUT2D eigenvalue weighted by Gasteiger charge is -2.32. The van der Waals surface area contributed by atoms with Crippen molar-refractivity contribution in [1.29, 1.82) is 0 Å². The number of halogens is 3. The van der Waals surface area contributed by atoms with Gasteiger partial charge in [-0.25, -0.2) is 0 Å². The monoisotopic (exact) mass is 352 g/mol. The first kappa shape index (κ1) is 15.8. The van der Waals surface area contributed by atoms with E-state index < -0.39 is 0 Å². The molecule has 0 bridgehead atoms. The summed E-state index contributed by atoms with van der Waals surface area (Å²) in [6, 6.07) is 5.62. The van der Waals surface area contributed by atoms with Gasteiger partial charge in [0, 0.05) is 35.2 Å². The molecule has 0 unspecified atom stereocenters. The average molecular weight is 354 g/mol. The van der Waals surface area contributed by atoms with E-state index in [9.17, 15) is 4.79 Å². The SMILES string of the molecule is C[C@@H]1CN(C(=O)c2cc(Cl)ccc2Br)CCN1.Cl. The molecule has 1 aromatic rings. The van der Waals surface area contributed by atoms with Crippen molar-refractivity contribution in [2.24, 2.45) is 0 Å². The largest absolute Gasteiger partial charge is 0.336 e. The van der Waals surface area contributed by atoms with Crippen molar-refractivity contribution < 1.29 is 4.79 Å². The predicted molar refractivity (Wildman–Crippen MR) is 79.8 cm³/mol. The highest BCUT2D eigenvalue weighted by atomic mass is 79.9. The molecule has 0 spiro atoms. The maximum atomic E-state index is 12.3. The second-order valence-electron chi connectivity index (χ2n) is 4.23. The van der Waals surface area contributed by atoms with Crippen LogP contribution in [0.25, 0.3) is 0 Å². The first-order valence-corrected chi connectivity index (χ1v) is 6.72. The smallest absolute Gasteiger partial charge is 0.255 e. The van der Waals surface area contributed by atoms with E-state index in [1.807, 2.05) is 4.90 Å². The Morgan fingerprint density at radius 2 is 2.28 bits per heavy atom. The van der Waals surface area contributed by atoms with Gasteiger partial charge in [-0.3, -0.25) is 4.79 Å². The Morgan fingerprint density at radius 3 is 2.94 bits per heavy atom. The van der Waals surface area contributed by atoms with E-state index in [0.717, 1.165) is 24.1 Å². The Kier molecular flexibility index (Phi) is 5.92. The van der Waals surface area contributed by atoms with Crippen molar-refractivity contribution in [1.82, 2.24) is 10.2 Å². The Morgan fingerprint density at radius 1 is 1.56 bits per heavy atom. The van der Waals surface area contributed by atoms with Crippen LogP contribution in [0.1, 0.15) is 17.3 Å². The number of hydrogen-bond donors (Lipinski definition) is 1. The fourth-order valence-electron chi connectivity index (χ4n) is 1.95. The molecule has 6 heteroatoms. The number of carbonyl (C=O) groups excluding carboxylic acids is 1. The second kappa shape index (κ2) is 6.75. The molecule has 1 fully saturated rings. The summed E-state index contributed by atoms with van der Waals surface area (Å²) in [5.41, 5.74) is 0.631. The summed E-state index contributed by atoms with van der Waals surface area (Å²) in [5.74, 6) is 0.0349. The van der Waals surface area contributed by atoms with E-state index in [1.165, 1.54) is 0 Å². The van der Waals surface area contributed by atoms with Gasteiger partial charge in [-0.15, -0.1) is 12.4 Å². The van der Waals surface area contributed by atoms with Gasteiger partial charge < -0.3 is 10.2 Å². The van der Waals surface area contributed by atoms with Crippen molar-refractivity contribution >= 4 is 45.8 Å². The fraction of sp³-hybridized carbons (Fsp3) is 0.417. The zero-order valence-corrected chi connectivity index (χ0v) is 13.1. The molecule has 1 saturated heterocycles. The maximum Gasteiger partial charge on any atom is 0.255 e. The van der Waals surface area contributed by atoms with E-state index in [0.29, 0.717) is 16.6 Å². The van der Waals surface area contributed by atoms with Gasteiger partial charge in [-0.1, -0.05) is 11.6 Å². The molecular formula is C12H15BrCl2N2O. The van der Waals surface area contributed by atoms with Crippen molar-refractivity contribution in [3.05, 3.63) is 33.3 Å². The van der Waals surface area contributed by atoms with Crippen LogP contribution in [0.2, 0.25) is 5.02 Å². The number of rotatable bonds is 1. The highest BCUT2D eigenvalue weighted by Crippen LogP contribution is 2.23.